The van der Waals surface area contributed by atoms with Gasteiger partial charge in [0.1, 0.15) is 10.6 Å². The molecule has 0 radical (unpaired) electrons. The molecule has 170 valence electrons. The van der Waals surface area contributed by atoms with E-state index < -0.39 is 0 Å². The summed E-state index contributed by atoms with van der Waals surface area (Å²) in [5.74, 6) is 0.722. The largest absolute Gasteiger partial charge is 0.494 e. The van der Waals surface area contributed by atoms with Crippen molar-refractivity contribution in [3.63, 3.8) is 0 Å². The highest BCUT2D eigenvalue weighted by molar-refractivity contribution is 7.18. The molecule has 0 atom stereocenters. The van der Waals surface area contributed by atoms with E-state index in [9.17, 15) is 9.59 Å². The molecule has 4 aromatic rings. The van der Waals surface area contributed by atoms with Gasteiger partial charge in [0.05, 0.1) is 24.2 Å². The summed E-state index contributed by atoms with van der Waals surface area (Å²) in [7, 11) is 0. The number of aryl methyl sites for hydroxylation is 3. The maximum atomic E-state index is 13.8. The minimum Gasteiger partial charge on any atom is -0.494 e. The highest BCUT2D eigenvalue weighted by Crippen LogP contribution is 2.34. The van der Waals surface area contributed by atoms with E-state index >= 15 is 0 Å². The van der Waals surface area contributed by atoms with E-state index in [0.29, 0.717) is 18.8 Å². The zero-order valence-electron chi connectivity index (χ0n) is 19.1. The molecule has 2 aromatic heterocycles. The number of aromatic nitrogens is 2. The number of ether oxygens (including phenoxy) is 1. The Morgan fingerprint density at radius 1 is 0.939 bits per heavy atom. The summed E-state index contributed by atoms with van der Waals surface area (Å²) in [5, 5.41) is 0.720. The van der Waals surface area contributed by atoms with Crippen LogP contribution in [0.25, 0.3) is 15.9 Å². The number of benzene rings is 2. The number of hydrogen-bond acceptors (Lipinski definition) is 4. The molecule has 5 rings (SSSR count). The maximum absolute atomic E-state index is 13.8. The Hall–Kier alpha value is -3.12. The smallest absolute Gasteiger partial charge is 0.337 e. The van der Waals surface area contributed by atoms with E-state index in [1.807, 2.05) is 19.1 Å². The van der Waals surface area contributed by atoms with Crippen molar-refractivity contribution in [1.29, 1.82) is 0 Å². The normalized spacial score (nSPS) is 13.6. The molecule has 2 heterocycles. The lowest BCUT2D eigenvalue weighted by atomic mass is 10.1. The lowest BCUT2D eigenvalue weighted by Gasteiger charge is -2.13. The monoisotopic (exact) mass is 460 g/mol. The van der Waals surface area contributed by atoms with Crippen molar-refractivity contribution in [2.45, 2.75) is 52.5 Å². The van der Waals surface area contributed by atoms with Crippen LogP contribution in [-0.4, -0.2) is 15.7 Å². The molecular formula is C27H28N2O3S. The second kappa shape index (κ2) is 9.02. The summed E-state index contributed by atoms with van der Waals surface area (Å²) in [6.45, 7) is 4.98. The van der Waals surface area contributed by atoms with E-state index in [-0.39, 0.29) is 11.2 Å². The Kier molecular flexibility index (Phi) is 5.94. The van der Waals surface area contributed by atoms with Gasteiger partial charge in [0, 0.05) is 4.88 Å². The average molecular weight is 461 g/mol. The van der Waals surface area contributed by atoms with Crippen LogP contribution in [0.5, 0.6) is 5.75 Å². The molecule has 5 nitrogen and oxygen atoms in total. The average Bonchev–Trinajstić information content (AvgIpc) is 3.02. The standard InChI is InChI=1S/C27H28N2O3S/c1-3-32-21-15-13-20(14-16-21)29-25(30)24-22-7-5-4-6-8-23(22)33-26(24)28(27(29)31)17-19-11-9-18(2)10-12-19/h9-16H,3-8,17H2,1-2H3. The van der Waals surface area contributed by atoms with Crippen molar-refractivity contribution < 1.29 is 4.74 Å². The summed E-state index contributed by atoms with van der Waals surface area (Å²) >= 11 is 1.63. The molecule has 0 bridgehead atoms. The summed E-state index contributed by atoms with van der Waals surface area (Å²) < 4.78 is 8.67. The Bertz CT molecular complexity index is 1410. The maximum Gasteiger partial charge on any atom is 0.337 e. The van der Waals surface area contributed by atoms with Crippen molar-refractivity contribution in [1.82, 2.24) is 9.13 Å². The summed E-state index contributed by atoms with van der Waals surface area (Å²) in [6, 6.07) is 15.4. The van der Waals surface area contributed by atoms with Gasteiger partial charge >= 0.3 is 5.69 Å². The van der Waals surface area contributed by atoms with Gasteiger partial charge in [-0.05, 0) is 74.9 Å². The van der Waals surface area contributed by atoms with Crippen LogP contribution >= 0.6 is 11.3 Å². The van der Waals surface area contributed by atoms with Crippen molar-refractivity contribution in [3.8, 4) is 11.4 Å². The molecule has 0 saturated carbocycles. The third-order valence-electron chi connectivity index (χ3n) is 6.35. The van der Waals surface area contributed by atoms with Crippen LogP contribution in [0.2, 0.25) is 0 Å². The first-order valence-corrected chi connectivity index (χ1v) is 12.5. The predicted octanol–water partition coefficient (Wildman–Crippen LogP) is 5.24. The van der Waals surface area contributed by atoms with Gasteiger partial charge in [0.25, 0.3) is 5.56 Å². The quantitative estimate of drug-likeness (QED) is 0.383. The SMILES string of the molecule is CCOc1ccc(-n2c(=O)c3c4c(sc3n(Cc3ccc(C)cc3)c2=O)CCCCC4)cc1. The Morgan fingerprint density at radius 3 is 2.39 bits per heavy atom. The molecule has 0 fully saturated rings. The lowest BCUT2D eigenvalue weighted by molar-refractivity contribution is 0.340. The number of fused-ring (bicyclic) bond motifs is 3. The van der Waals surface area contributed by atoms with Crippen molar-refractivity contribution >= 4 is 21.6 Å². The second-order valence-electron chi connectivity index (χ2n) is 8.67. The first-order chi connectivity index (χ1) is 16.1. The molecule has 33 heavy (non-hydrogen) atoms. The molecule has 1 aliphatic carbocycles. The van der Waals surface area contributed by atoms with Gasteiger partial charge in [-0.3, -0.25) is 9.36 Å². The first-order valence-electron chi connectivity index (χ1n) is 11.7. The first kappa shape index (κ1) is 21.7. The van der Waals surface area contributed by atoms with Crippen LogP contribution < -0.4 is 16.0 Å². The van der Waals surface area contributed by atoms with Crippen LogP contribution in [0.3, 0.4) is 0 Å². The van der Waals surface area contributed by atoms with Crippen molar-refractivity contribution in [2.75, 3.05) is 6.61 Å². The fraction of sp³-hybridized carbons (Fsp3) is 0.333. The molecule has 1 aliphatic rings. The minimum atomic E-state index is -0.298. The van der Waals surface area contributed by atoms with Crippen LogP contribution in [-0.2, 0) is 19.4 Å². The Morgan fingerprint density at radius 2 is 1.67 bits per heavy atom. The third-order valence-corrected chi connectivity index (χ3v) is 7.67. The van der Waals surface area contributed by atoms with E-state index in [2.05, 4.69) is 31.2 Å². The van der Waals surface area contributed by atoms with Crippen molar-refractivity contribution in [2.24, 2.45) is 0 Å². The van der Waals surface area contributed by atoms with Crippen LogP contribution in [0.15, 0.2) is 58.1 Å². The molecule has 0 amide bonds. The van der Waals surface area contributed by atoms with Gasteiger partial charge in [-0.1, -0.05) is 36.2 Å². The molecule has 2 aromatic carbocycles. The highest BCUT2D eigenvalue weighted by atomic mass is 32.1. The molecular weight excluding hydrogens is 432 g/mol. The van der Waals surface area contributed by atoms with E-state index in [1.54, 1.807) is 28.0 Å². The van der Waals surface area contributed by atoms with Crippen LogP contribution in [0, 0.1) is 6.92 Å². The van der Waals surface area contributed by atoms with Gasteiger partial charge < -0.3 is 4.74 Å². The van der Waals surface area contributed by atoms with Crippen LogP contribution in [0.4, 0.5) is 0 Å². The van der Waals surface area contributed by atoms with Crippen molar-refractivity contribution in [3.05, 3.63) is 90.9 Å². The van der Waals surface area contributed by atoms with Gasteiger partial charge in [0.15, 0.2) is 0 Å². The molecule has 6 heteroatoms. The fourth-order valence-corrected chi connectivity index (χ4v) is 6.02. The molecule has 0 spiro atoms. The Labute approximate surface area is 196 Å². The van der Waals surface area contributed by atoms with E-state index in [0.717, 1.165) is 52.8 Å². The van der Waals surface area contributed by atoms with Crippen LogP contribution in [0.1, 0.15) is 47.8 Å². The summed E-state index contributed by atoms with van der Waals surface area (Å²) in [5.41, 5.74) is 3.44. The topological polar surface area (TPSA) is 53.2 Å². The number of hydrogen-bond donors (Lipinski definition) is 0. The van der Waals surface area contributed by atoms with Gasteiger partial charge in [-0.15, -0.1) is 11.3 Å². The van der Waals surface area contributed by atoms with Gasteiger partial charge in [0.2, 0.25) is 0 Å². The Balaban J connectivity index is 1.76. The molecule has 0 N–H and O–H groups in total. The number of thiophene rings is 1. The van der Waals surface area contributed by atoms with Gasteiger partial charge in [-0.25, -0.2) is 9.36 Å². The molecule has 0 aliphatic heterocycles. The molecule has 0 unspecified atom stereocenters. The zero-order chi connectivity index (χ0) is 22.9. The highest BCUT2D eigenvalue weighted by Gasteiger charge is 2.23. The predicted molar refractivity (Wildman–Crippen MR) is 134 cm³/mol. The second-order valence-corrected chi connectivity index (χ2v) is 9.75. The number of nitrogens with zero attached hydrogens (tertiary/aromatic N) is 2. The summed E-state index contributed by atoms with van der Waals surface area (Å²) in [4.78, 5) is 29.6. The number of rotatable bonds is 5. The minimum absolute atomic E-state index is 0.210. The zero-order valence-corrected chi connectivity index (χ0v) is 19.9. The summed E-state index contributed by atoms with van der Waals surface area (Å²) in [6.07, 6.45) is 5.28. The lowest BCUT2D eigenvalue weighted by Crippen LogP contribution is -2.39. The molecule has 0 saturated heterocycles. The van der Waals surface area contributed by atoms with E-state index in [1.165, 1.54) is 21.4 Å². The fourth-order valence-electron chi connectivity index (χ4n) is 4.65. The third kappa shape index (κ3) is 4.04. The van der Waals surface area contributed by atoms with E-state index in [4.69, 9.17) is 4.74 Å². The van der Waals surface area contributed by atoms with Gasteiger partial charge in [-0.2, -0.15) is 0 Å².